The van der Waals surface area contributed by atoms with E-state index < -0.39 is 0 Å². The minimum Gasteiger partial charge on any atom is -0.370 e. The molecule has 2 rings (SSSR count). The average Bonchev–Trinajstić information content (AvgIpc) is 2.51. The largest absolute Gasteiger partial charge is 0.370 e. The number of carbonyl (C=O) groups is 1. The van der Waals surface area contributed by atoms with Gasteiger partial charge in [-0.15, -0.1) is 0 Å². The Morgan fingerprint density at radius 1 is 1.24 bits per heavy atom. The van der Waals surface area contributed by atoms with Gasteiger partial charge in [-0.05, 0) is 38.1 Å². The molecular formula is C15H17ClN4O. The Kier molecular flexibility index (Phi) is 5.11. The van der Waals surface area contributed by atoms with Gasteiger partial charge in [-0.25, -0.2) is 4.98 Å². The number of carbonyl (C=O) groups excluding carboxylic acids is 1. The summed E-state index contributed by atoms with van der Waals surface area (Å²) in [7, 11) is 0. The van der Waals surface area contributed by atoms with Gasteiger partial charge in [0.05, 0.1) is 5.02 Å². The molecule has 0 saturated heterocycles. The normalized spacial score (nSPS) is 10.2. The molecular weight excluding hydrogens is 288 g/mol. The second-order valence-electron chi connectivity index (χ2n) is 4.31. The van der Waals surface area contributed by atoms with Crippen molar-refractivity contribution in [2.45, 2.75) is 13.8 Å². The van der Waals surface area contributed by atoms with Crippen molar-refractivity contribution < 1.29 is 4.79 Å². The maximum Gasteiger partial charge on any atom is 0.278 e. The van der Waals surface area contributed by atoms with Crippen LogP contribution in [0.4, 0.5) is 11.5 Å². The number of pyridine rings is 2. The minimum absolute atomic E-state index is 0.228. The molecule has 0 aliphatic carbocycles. The van der Waals surface area contributed by atoms with Gasteiger partial charge in [-0.1, -0.05) is 11.6 Å². The number of hydrogen-bond donors (Lipinski definition) is 1. The van der Waals surface area contributed by atoms with E-state index in [2.05, 4.69) is 15.3 Å². The van der Waals surface area contributed by atoms with Crippen LogP contribution in [0.25, 0.3) is 0 Å². The molecule has 110 valence electrons. The summed E-state index contributed by atoms with van der Waals surface area (Å²) in [5.74, 6) is 0.407. The number of halogens is 1. The standard InChI is InChI=1S/C15H17ClN4O/c1-3-18-13-6-5-12(16)14(19-13)15(21)20(4-2)11-7-9-17-10-8-11/h5-10H,3-4H2,1-2H3,(H,18,19). The van der Waals surface area contributed by atoms with Crippen molar-refractivity contribution in [3.8, 4) is 0 Å². The summed E-state index contributed by atoms with van der Waals surface area (Å²) < 4.78 is 0. The predicted octanol–water partition coefficient (Wildman–Crippen LogP) is 3.23. The number of amides is 1. The maximum absolute atomic E-state index is 12.7. The van der Waals surface area contributed by atoms with Crippen LogP contribution in [0.3, 0.4) is 0 Å². The van der Waals surface area contributed by atoms with Gasteiger partial charge in [0.1, 0.15) is 11.5 Å². The number of anilines is 2. The van der Waals surface area contributed by atoms with E-state index in [9.17, 15) is 4.79 Å². The molecule has 2 heterocycles. The molecule has 0 fully saturated rings. The van der Waals surface area contributed by atoms with E-state index in [1.165, 1.54) is 0 Å². The van der Waals surface area contributed by atoms with Crippen molar-refractivity contribution in [2.75, 3.05) is 23.3 Å². The van der Waals surface area contributed by atoms with E-state index >= 15 is 0 Å². The Labute approximate surface area is 129 Å². The summed E-state index contributed by atoms with van der Waals surface area (Å²) in [6.45, 7) is 5.11. The summed E-state index contributed by atoms with van der Waals surface area (Å²) in [6, 6.07) is 7.00. The highest BCUT2D eigenvalue weighted by Gasteiger charge is 2.20. The van der Waals surface area contributed by atoms with E-state index in [1.807, 2.05) is 13.8 Å². The van der Waals surface area contributed by atoms with Gasteiger partial charge in [-0.2, -0.15) is 0 Å². The molecule has 2 aromatic heterocycles. The quantitative estimate of drug-likeness (QED) is 0.921. The van der Waals surface area contributed by atoms with Gasteiger partial charge in [0.25, 0.3) is 5.91 Å². The highest BCUT2D eigenvalue weighted by atomic mass is 35.5. The van der Waals surface area contributed by atoms with E-state index in [0.29, 0.717) is 17.4 Å². The number of hydrogen-bond acceptors (Lipinski definition) is 4. The van der Waals surface area contributed by atoms with Gasteiger partial charge < -0.3 is 10.2 Å². The first-order valence-electron chi connectivity index (χ1n) is 6.79. The fourth-order valence-corrected chi connectivity index (χ4v) is 2.15. The van der Waals surface area contributed by atoms with E-state index in [4.69, 9.17) is 11.6 Å². The third-order valence-corrected chi connectivity index (χ3v) is 3.25. The van der Waals surface area contributed by atoms with Crippen LogP contribution in [0, 0.1) is 0 Å². The van der Waals surface area contributed by atoms with E-state index in [1.54, 1.807) is 41.6 Å². The molecule has 0 atom stereocenters. The third kappa shape index (κ3) is 3.49. The third-order valence-electron chi connectivity index (χ3n) is 2.94. The lowest BCUT2D eigenvalue weighted by atomic mass is 10.2. The Bertz CT molecular complexity index is 618. The zero-order valence-electron chi connectivity index (χ0n) is 12.0. The lowest BCUT2D eigenvalue weighted by Crippen LogP contribution is -2.31. The second-order valence-corrected chi connectivity index (χ2v) is 4.72. The number of nitrogens with zero attached hydrogens (tertiary/aromatic N) is 3. The second kappa shape index (κ2) is 7.04. The Hall–Kier alpha value is -2.14. The lowest BCUT2D eigenvalue weighted by Gasteiger charge is -2.21. The molecule has 0 radical (unpaired) electrons. The summed E-state index contributed by atoms with van der Waals surface area (Å²) in [5, 5.41) is 3.42. The molecule has 1 N–H and O–H groups in total. The molecule has 5 nitrogen and oxygen atoms in total. The maximum atomic E-state index is 12.7. The number of rotatable bonds is 5. The summed E-state index contributed by atoms with van der Waals surface area (Å²) in [6.07, 6.45) is 3.30. The molecule has 0 bridgehead atoms. The zero-order chi connectivity index (χ0) is 15.2. The van der Waals surface area contributed by atoms with E-state index in [0.717, 1.165) is 12.2 Å². The van der Waals surface area contributed by atoms with Crippen LogP contribution in [0.5, 0.6) is 0 Å². The molecule has 0 spiro atoms. The van der Waals surface area contributed by atoms with Crippen molar-refractivity contribution in [2.24, 2.45) is 0 Å². The van der Waals surface area contributed by atoms with Crippen LogP contribution in [0.1, 0.15) is 24.3 Å². The molecule has 0 unspecified atom stereocenters. The number of nitrogens with one attached hydrogen (secondary N) is 1. The first kappa shape index (κ1) is 15.3. The molecule has 0 aliphatic rings. The van der Waals surface area contributed by atoms with Crippen molar-refractivity contribution in [1.29, 1.82) is 0 Å². The van der Waals surface area contributed by atoms with Crippen LogP contribution < -0.4 is 10.2 Å². The highest BCUT2D eigenvalue weighted by Crippen LogP contribution is 2.21. The van der Waals surface area contributed by atoms with Crippen LogP contribution in [0.15, 0.2) is 36.7 Å². The minimum atomic E-state index is -0.228. The lowest BCUT2D eigenvalue weighted by molar-refractivity contribution is 0.0984. The van der Waals surface area contributed by atoms with Crippen LogP contribution in [-0.4, -0.2) is 29.0 Å². The summed E-state index contributed by atoms with van der Waals surface area (Å²) >= 11 is 6.13. The SMILES string of the molecule is CCNc1ccc(Cl)c(C(=O)N(CC)c2ccncc2)n1. The smallest absolute Gasteiger partial charge is 0.278 e. The Morgan fingerprint density at radius 2 is 1.95 bits per heavy atom. The molecule has 0 saturated carbocycles. The Morgan fingerprint density at radius 3 is 2.57 bits per heavy atom. The van der Waals surface area contributed by atoms with Gasteiger partial charge in [0.2, 0.25) is 0 Å². The molecule has 21 heavy (non-hydrogen) atoms. The van der Waals surface area contributed by atoms with Crippen molar-refractivity contribution in [3.63, 3.8) is 0 Å². The van der Waals surface area contributed by atoms with Gasteiger partial charge in [0.15, 0.2) is 0 Å². The molecule has 6 heteroatoms. The fraction of sp³-hybridized carbons (Fsp3) is 0.267. The van der Waals surface area contributed by atoms with Crippen LogP contribution in [-0.2, 0) is 0 Å². The van der Waals surface area contributed by atoms with Gasteiger partial charge in [-0.3, -0.25) is 9.78 Å². The first-order chi connectivity index (χ1) is 10.2. The van der Waals surface area contributed by atoms with Gasteiger partial charge >= 0.3 is 0 Å². The van der Waals surface area contributed by atoms with Crippen molar-refractivity contribution in [1.82, 2.24) is 9.97 Å². The fourth-order valence-electron chi connectivity index (χ4n) is 1.97. The van der Waals surface area contributed by atoms with Crippen LogP contribution >= 0.6 is 11.6 Å². The predicted molar refractivity (Wildman–Crippen MR) is 85.0 cm³/mol. The van der Waals surface area contributed by atoms with Gasteiger partial charge in [0, 0.05) is 31.2 Å². The molecule has 0 aromatic carbocycles. The first-order valence-corrected chi connectivity index (χ1v) is 7.17. The summed E-state index contributed by atoms with van der Waals surface area (Å²) in [5.41, 5.74) is 1.01. The molecule has 0 aliphatic heterocycles. The summed E-state index contributed by atoms with van der Waals surface area (Å²) in [4.78, 5) is 22.6. The van der Waals surface area contributed by atoms with Crippen LogP contribution in [0.2, 0.25) is 5.02 Å². The topological polar surface area (TPSA) is 58.1 Å². The molecule has 2 aromatic rings. The highest BCUT2D eigenvalue weighted by molar-refractivity contribution is 6.34. The monoisotopic (exact) mass is 304 g/mol. The molecule has 1 amide bonds. The Balaban J connectivity index is 2.35. The number of aromatic nitrogens is 2. The van der Waals surface area contributed by atoms with Crippen molar-refractivity contribution in [3.05, 3.63) is 47.4 Å². The zero-order valence-corrected chi connectivity index (χ0v) is 12.8. The van der Waals surface area contributed by atoms with Crippen molar-refractivity contribution >= 4 is 29.0 Å². The average molecular weight is 305 g/mol. The van der Waals surface area contributed by atoms with E-state index in [-0.39, 0.29) is 11.6 Å².